The fourth-order valence-electron chi connectivity index (χ4n) is 4.00. The molecule has 2 heterocycles. The zero-order valence-corrected chi connectivity index (χ0v) is 19.0. The number of hydrogen-bond donors (Lipinski definition) is 0. The van der Waals surface area contributed by atoms with Gasteiger partial charge in [0.1, 0.15) is 24.7 Å². The minimum atomic E-state index is -0.612. The summed E-state index contributed by atoms with van der Waals surface area (Å²) in [6, 6.07) is 17.0. The first-order valence-corrected chi connectivity index (χ1v) is 11.6. The molecule has 1 aliphatic heterocycles. The number of halogens is 1. The number of rotatable bonds is 8. The maximum Gasteiger partial charge on any atom is 0.257 e. The Morgan fingerprint density at radius 1 is 1.15 bits per heavy atom. The van der Waals surface area contributed by atoms with Crippen LogP contribution < -0.4 is 4.74 Å². The molecule has 0 radical (unpaired) electrons. The predicted molar refractivity (Wildman–Crippen MR) is 127 cm³/mol. The van der Waals surface area contributed by atoms with Crippen molar-refractivity contribution in [3.05, 3.63) is 101 Å². The molecule has 3 aromatic rings. The SMILES string of the molecule is C=CCN(CC(=O)N1CCc2sccc2C1COc1ccccc1)C(=O)c1ccccc1F. The zero-order valence-electron chi connectivity index (χ0n) is 18.2. The van der Waals surface area contributed by atoms with Crippen molar-refractivity contribution < 1.29 is 18.7 Å². The number of nitrogens with zero attached hydrogens (tertiary/aromatic N) is 2. The van der Waals surface area contributed by atoms with Gasteiger partial charge in [0.05, 0.1) is 11.6 Å². The van der Waals surface area contributed by atoms with Gasteiger partial charge in [0, 0.05) is 18.0 Å². The van der Waals surface area contributed by atoms with E-state index in [0.717, 1.165) is 17.7 Å². The summed E-state index contributed by atoms with van der Waals surface area (Å²) in [5, 5.41) is 2.03. The van der Waals surface area contributed by atoms with E-state index in [-0.39, 0.29) is 30.6 Å². The molecule has 5 nitrogen and oxygen atoms in total. The number of ether oxygens (including phenoxy) is 1. The van der Waals surface area contributed by atoms with Gasteiger partial charge in [0.15, 0.2) is 0 Å². The van der Waals surface area contributed by atoms with Crippen molar-refractivity contribution in [2.24, 2.45) is 0 Å². The van der Waals surface area contributed by atoms with Gasteiger partial charge in [-0.3, -0.25) is 9.59 Å². The van der Waals surface area contributed by atoms with Crippen LogP contribution in [0.4, 0.5) is 4.39 Å². The van der Waals surface area contributed by atoms with Crippen LogP contribution in [0.15, 0.2) is 78.7 Å². The molecule has 4 rings (SSSR count). The molecule has 1 aromatic heterocycles. The molecule has 33 heavy (non-hydrogen) atoms. The summed E-state index contributed by atoms with van der Waals surface area (Å²) in [5.41, 5.74) is 1.01. The van der Waals surface area contributed by atoms with Crippen molar-refractivity contribution in [3.8, 4) is 5.75 Å². The first kappa shape index (κ1) is 22.7. The number of carbonyl (C=O) groups excluding carboxylic acids is 2. The molecule has 1 aliphatic rings. The highest BCUT2D eigenvalue weighted by atomic mass is 32.1. The Labute approximate surface area is 196 Å². The molecule has 2 amide bonds. The van der Waals surface area contributed by atoms with Gasteiger partial charge in [-0.2, -0.15) is 0 Å². The van der Waals surface area contributed by atoms with Crippen molar-refractivity contribution in [1.29, 1.82) is 0 Å². The highest BCUT2D eigenvalue weighted by Crippen LogP contribution is 2.34. The van der Waals surface area contributed by atoms with Gasteiger partial charge < -0.3 is 14.5 Å². The summed E-state index contributed by atoms with van der Waals surface area (Å²) in [4.78, 5) is 30.7. The Balaban J connectivity index is 1.53. The number of thiophene rings is 1. The molecular weight excluding hydrogens is 439 g/mol. The summed E-state index contributed by atoms with van der Waals surface area (Å²) in [6.45, 7) is 4.50. The molecule has 1 unspecified atom stereocenters. The number of benzene rings is 2. The van der Waals surface area contributed by atoms with E-state index in [1.54, 1.807) is 22.3 Å². The Bertz CT molecular complexity index is 1130. The number of fused-ring (bicyclic) bond motifs is 1. The summed E-state index contributed by atoms with van der Waals surface area (Å²) in [7, 11) is 0. The Kier molecular flexibility index (Phi) is 7.19. The van der Waals surface area contributed by atoms with Gasteiger partial charge in [-0.05, 0) is 47.7 Å². The van der Waals surface area contributed by atoms with E-state index in [1.165, 1.54) is 34.1 Å². The topological polar surface area (TPSA) is 49.9 Å². The van der Waals surface area contributed by atoms with Crippen LogP contribution in [0.2, 0.25) is 0 Å². The second-order valence-corrected chi connectivity index (χ2v) is 8.73. The third-order valence-electron chi connectivity index (χ3n) is 5.63. The lowest BCUT2D eigenvalue weighted by atomic mass is 10.0. The second-order valence-electron chi connectivity index (χ2n) is 7.73. The van der Waals surface area contributed by atoms with Crippen LogP contribution in [0.25, 0.3) is 0 Å². The van der Waals surface area contributed by atoms with Gasteiger partial charge in [-0.15, -0.1) is 17.9 Å². The molecular formula is C26H25FN2O3S. The molecule has 0 bridgehead atoms. The van der Waals surface area contributed by atoms with Crippen LogP contribution in [-0.4, -0.2) is 47.9 Å². The largest absolute Gasteiger partial charge is 0.491 e. The van der Waals surface area contributed by atoms with Crippen molar-refractivity contribution in [3.63, 3.8) is 0 Å². The van der Waals surface area contributed by atoms with E-state index >= 15 is 0 Å². The van der Waals surface area contributed by atoms with E-state index in [1.807, 2.05) is 41.8 Å². The van der Waals surface area contributed by atoms with E-state index in [4.69, 9.17) is 4.74 Å². The lowest BCUT2D eigenvalue weighted by Crippen LogP contribution is -2.48. The van der Waals surface area contributed by atoms with Crippen molar-refractivity contribution in [2.45, 2.75) is 12.5 Å². The molecule has 1 atom stereocenters. The summed E-state index contributed by atoms with van der Waals surface area (Å²) in [6.07, 6.45) is 2.29. The maximum absolute atomic E-state index is 14.2. The zero-order chi connectivity index (χ0) is 23.2. The predicted octanol–water partition coefficient (Wildman–Crippen LogP) is 4.72. The van der Waals surface area contributed by atoms with Crippen molar-refractivity contribution in [1.82, 2.24) is 9.80 Å². The van der Waals surface area contributed by atoms with E-state index in [2.05, 4.69) is 6.58 Å². The Morgan fingerprint density at radius 3 is 2.67 bits per heavy atom. The number of hydrogen-bond acceptors (Lipinski definition) is 4. The summed E-state index contributed by atoms with van der Waals surface area (Å²) < 4.78 is 20.2. The average Bonchev–Trinajstić information content (AvgIpc) is 3.32. The lowest BCUT2D eigenvalue weighted by molar-refractivity contribution is -0.135. The van der Waals surface area contributed by atoms with E-state index < -0.39 is 11.7 Å². The van der Waals surface area contributed by atoms with E-state index in [9.17, 15) is 14.0 Å². The van der Waals surface area contributed by atoms with Gasteiger partial charge in [-0.1, -0.05) is 36.4 Å². The lowest BCUT2D eigenvalue weighted by Gasteiger charge is -2.37. The maximum atomic E-state index is 14.2. The van der Waals surface area contributed by atoms with Crippen LogP contribution in [0.3, 0.4) is 0 Å². The average molecular weight is 465 g/mol. The first-order valence-electron chi connectivity index (χ1n) is 10.8. The fraction of sp³-hybridized carbons (Fsp3) is 0.231. The van der Waals surface area contributed by atoms with Crippen molar-refractivity contribution >= 4 is 23.2 Å². The van der Waals surface area contributed by atoms with Crippen LogP contribution in [-0.2, 0) is 11.2 Å². The normalized spacial score (nSPS) is 14.9. The third kappa shape index (κ3) is 5.14. The standard InChI is InChI=1S/C26H25FN2O3S/c1-2-14-28(26(31)20-10-6-7-11-22(20)27)17-25(30)29-15-12-24-21(13-16-33-24)23(29)18-32-19-8-4-3-5-9-19/h2-11,13,16,23H,1,12,14-15,17-18H2. The molecule has 0 saturated heterocycles. The molecule has 0 saturated carbocycles. The van der Waals surface area contributed by atoms with Crippen molar-refractivity contribution in [2.75, 3.05) is 26.2 Å². The third-order valence-corrected chi connectivity index (χ3v) is 6.63. The second kappa shape index (κ2) is 10.4. The Hall–Kier alpha value is -3.45. The first-order chi connectivity index (χ1) is 16.1. The molecule has 0 spiro atoms. The summed E-state index contributed by atoms with van der Waals surface area (Å²) >= 11 is 1.68. The Morgan fingerprint density at radius 2 is 1.91 bits per heavy atom. The van der Waals surface area contributed by atoms with Gasteiger partial charge in [0.25, 0.3) is 5.91 Å². The van der Waals surface area contributed by atoms with Gasteiger partial charge in [-0.25, -0.2) is 4.39 Å². The van der Waals surface area contributed by atoms with Gasteiger partial charge in [0.2, 0.25) is 5.91 Å². The van der Waals surface area contributed by atoms with Crippen LogP contribution in [0, 0.1) is 5.82 Å². The van der Waals surface area contributed by atoms with Crippen LogP contribution in [0.5, 0.6) is 5.75 Å². The smallest absolute Gasteiger partial charge is 0.257 e. The molecule has 170 valence electrons. The highest BCUT2D eigenvalue weighted by molar-refractivity contribution is 7.10. The summed E-state index contributed by atoms with van der Waals surface area (Å²) in [5.74, 6) is -0.624. The quantitative estimate of drug-likeness (QED) is 0.453. The molecule has 0 aliphatic carbocycles. The van der Waals surface area contributed by atoms with Crippen LogP contribution in [0.1, 0.15) is 26.8 Å². The van der Waals surface area contributed by atoms with Gasteiger partial charge >= 0.3 is 0 Å². The monoisotopic (exact) mass is 464 g/mol. The molecule has 7 heteroatoms. The highest BCUT2D eigenvalue weighted by Gasteiger charge is 2.33. The van der Waals surface area contributed by atoms with E-state index in [0.29, 0.717) is 13.2 Å². The minimum absolute atomic E-state index is 0.0603. The van der Waals surface area contributed by atoms with Crippen LogP contribution >= 0.6 is 11.3 Å². The minimum Gasteiger partial charge on any atom is -0.491 e. The number of para-hydroxylation sites is 1. The molecule has 0 N–H and O–H groups in total. The fourth-order valence-corrected chi connectivity index (χ4v) is 4.93. The molecule has 0 fully saturated rings. The number of amides is 2. The number of carbonyl (C=O) groups is 2. The molecule has 2 aromatic carbocycles.